The molecule has 0 atom stereocenters. The average molecular weight is 254 g/mol. The van der Waals surface area contributed by atoms with E-state index in [-0.39, 0.29) is 5.97 Å². The summed E-state index contributed by atoms with van der Waals surface area (Å²) < 4.78 is 0. The van der Waals surface area contributed by atoms with E-state index in [0.29, 0.717) is 12.1 Å². The Kier molecular flexibility index (Phi) is 4.39. The summed E-state index contributed by atoms with van der Waals surface area (Å²) in [6, 6.07) is 13.2. The zero-order valence-corrected chi connectivity index (χ0v) is 10.6. The normalized spacial score (nSPS) is 11.1. The maximum atomic E-state index is 11.2. The summed E-state index contributed by atoms with van der Waals surface area (Å²) in [5.74, 6) is -0.364. The first-order valence-electron chi connectivity index (χ1n) is 6.05. The number of pyridine rings is 1. The lowest BCUT2D eigenvalue weighted by atomic mass is 10.0. The Bertz CT molecular complexity index is 524. The molecule has 1 aromatic heterocycles. The number of rotatable bonds is 4. The van der Waals surface area contributed by atoms with E-state index in [4.69, 9.17) is 4.84 Å². The van der Waals surface area contributed by atoms with Crippen molar-refractivity contribution in [2.45, 2.75) is 13.3 Å². The predicted molar refractivity (Wildman–Crippen MR) is 72.7 cm³/mol. The molecule has 0 N–H and O–H groups in total. The quantitative estimate of drug-likeness (QED) is 0.479. The first-order chi connectivity index (χ1) is 9.31. The minimum absolute atomic E-state index is 0.290. The van der Waals surface area contributed by atoms with Crippen LogP contribution >= 0.6 is 0 Å². The maximum Gasteiger partial charge on any atom is 0.334 e. The zero-order valence-electron chi connectivity index (χ0n) is 10.6. The number of benzene rings is 1. The average Bonchev–Trinajstić information content (AvgIpc) is 2.49. The number of nitrogens with zero attached hydrogens (tertiary/aromatic N) is 2. The lowest BCUT2D eigenvalue weighted by Gasteiger charge is -2.05. The summed E-state index contributed by atoms with van der Waals surface area (Å²) in [5, 5.41) is 3.96. The van der Waals surface area contributed by atoms with Crippen LogP contribution in [0.5, 0.6) is 0 Å². The van der Waals surface area contributed by atoms with Crippen LogP contribution in [0, 0.1) is 0 Å². The molecule has 0 saturated carbocycles. The second-order valence-corrected chi connectivity index (χ2v) is 3.86. The van der Waals surface area contributed by atoms with Crippen molar-refractivity contribution in [1.82, 2.24) is 4.98 Å². The molecule has 1 heterocycles. The van der Waals surface area contributed by atoms with E-state index in [1.807, 2.05) is 42.5 Å². The molecular weight excluding hydrogens is 240 g/mol. The van der Waals surface area contributed by atoms with Gasteiger partial charge in [0.25, 0.3) is 0 Å². The van der Waals surface area contributed by atoms with Crippen LogP contribution in [0.15, 0.2) is 60.0 Å². The Labute approximate surface area is 111 Å². The van der Waals surface area contributed by atoms with E-state index in [9.17, 15) is 4.79 Å². The van der Waals surface area contributed by atoms with E-state index in [1.54, 1.807) is 19.3 Å². The number of carbonyl (C=O) groups excluding carboxylic acids is 1. The molecule has 4 nitrogen and oxygen atoms in total. The molecule has 2 aromatic rings. The van der Waals surface area contributed by atoms with Gasteiger partial charge in [0.1, 0.15) is 5.71 Å². The molecule has 0 aliphatic carbocycles. The number of carbonyl (C=O) groups is 1. The van der Waals surface area contributed by atoms with Crippen molar-refractivity contribution in [2.24, 2.45) is 5.16 Å². The predicted octanol–water partition coefficient (Wildman–Crippen LogP) is 2.79. The number of oxime groups is 1. The molecule has 0 aliphatic rings. The monoisotopic (exact) mass is 254 g/mol. The Morgan fingerprint density at radius 3 is 2.53 bits per heavy atom. The van der Waals surface area contributed by atoms with Crippen molar-refractivity contribution < 1.29 is 9.63 Å². The molecule has 0 saturated heterocycles. The summed E-state index contributed by atoms with van der Waals surface area (Å²) in [6.07, 6.45) is 3.66. The molecule has 0 fully saturated rings. The highest BCUT2D eigenvalue weighted by molar-refractivity contribution is 6.12. The second-order valence-electron chi connectivity index (χ2n) is 3.86. The van der Waals surface area contributed by atoms with Crippen molar-refractivity contribution in [2.75, 3.05) is 0 Å². The molecule has 2 rings (SSSR count). The van der Waals surface area contributed by atoms with Gasteiger partial charge < -0.3 is 4.84 Å². The van der Waals surface area contributed by atoms with Gasteiger partial charge in [-0.05, 0) is 12.1 Å². The summed E-state index contributed by atoms with van der Waals surface area (Å²) in [4.78, 5) is 20.2. The molecule has 4 heteroatoms. The van der Waals surface area contributed by atoms with Gasteiger partial charge in [-0.25, -0.2) is 4.79 Å². The van der Waals surface area contributed by atoms with Crippen molar-refractivity contribution in [3.05, 3.63) is 66.0 Å². The fourth-order valence-corrected chi connectivity index (χ4v) is 1.53. The highest BCUT2D eigenvalue weighted by Gasteiger charge is 2.08. The maximum absolute atomic E-state index is 11.2. The van der Waals surface area contributed by atoms with E-state index < -0.39 is 0 Å². The van der Waals surface area contributed by atoms with Gasteiger partial charge in [-0.1, -0.05) is 42.4 Å². The molecule has 0 unspecified atom stereocenters. The molecule has 1 aromatic carbocycles. The Morgan fingerprint density at radius 1 is 1.16 bits per heavy atom. The highest BCUT2D eigenvalue weighted by Crippen LogP contribution is 2.10. The number of hydrogen-bond donors (Lipinski definition) is 0. The van der Waals surface area contributed by atoms with E-state index in [1.165, 1.54) is 0 Å². The van der Waals surface area contributed by atoms with Crippen molar-refractivity contribution in [3.63, 3.8) is 0 Å². The minimum Gasteiger partial charge on any atom is -0.318 e. The van der Waals surface area contributed by atoms with Crippen LogP contribution in [0.2, 0.25) is 0 Å². The smallest absolute Gasteiger partial charge is 0.318 e. The Hall–Kier alpha value is -2.49. The fourth-order valence-electron chi connectivity index (χ4n) is 1.53. The molecule has 0 amide bonds. The second kappa shape index (κ2) is 6.44. The molecule has 0 aliphatic heterocycles. The molecule has 0 bridgehead atoms. The minimum atomic E-state index is -0.364. The first-order valence-corrected chi connectivity index (χ1v) is 6.05. The lowest BCUT2D eigenvalue weighted by Crippen LogP contribution is -2.07. The highest BCUT2D eigenvalue weighted by atomic mass is 16.7. The summed E-state index contributed by atoms with van der Waals surface area (Å²) in [7, 11) is 0. The zero-order chi connectivity index (χ0) is 13.5. The van der Waals surface area contributed by atoms with Gasteiger partial charge in [-0.2, -0.15) is 0 Å². The van der Waals surface area contributed by atoms with Gasteiger partial charge in [-0.15, -0.1) is 0 Å². The summed E-state index contributed by atoms with van der Waals surface area (Å²) in [5.41, 5.74) is 2.27. The van der Waals surface area contributed by atoms with Gasteiger partial charge in [0, 0.05) is 29.9 Å². The van der Waals surface area contributed by atoms with Gasteiger partial charge in [-0.3, -0.25) is 4.98 Å². The third-order valence-corrected chi connectivity index (χ3v) is 2.51. The standard InChI is InChI=1S/C15H14N2O2/c1-2-14(18)19-17-15(12-7-4-3-5-8-12)13-9-6-10-16-11-13/h3-11H,2H2,1H3/b17-15-. The molecule has 0 radical (unpaired) electrons. The summed E-state index contributed by atoms with van der Waals surface area (Å²) >= 11 is 0. The van der Waals surface area contributed by atoms with E-state index in [0.717, 1.165) is 11.1 Å². The number of hydrogen-bond acceptors (Lipinski definition) is 4. The molecule has 19 heavy (non-hydrogen) atoms. The number of aromatic nitrogens is 1. The molecule has 96 valence electrons. The molecule has 0 spiro atoms. The topological polar surface area (TPSA) is 51.5 Å². The summed E-state index contributed by atoms with van der Waals surface area (Å²) in [6.45, 7) is 1.73. The van der Waals surface area contributed by atoms with Crippen LogP contribution < -0.4 is 0 Å². The van der Waals surface area contributed by atoms with Crippen LogP contribution in [0.3, 0.4) is 0 Å². The van der Waals surface area contributed by atoms with Gasteiger partial charge >= 0.3 is 5.97 Å². The van der Waals surface area contributed by atoms with E-state index >= 15 is 0 Å². The third-order valence-electron chi connectivity index (χ3n) is 2.51. The largest absolute Gasteiger partial charge is 0.334 e. The van der Waals surface area contributed by atoms with Crippen molar-refractivity contribution >= 4 is 11.7 Å². The SMILES string of the molecule is CCC(=O)O/N=C(/c1ccccc1)c1cccnc1. The van der Waals surface area contributed by atoms with Crippen LogP contribution in [0.4, 0.5) is 0 Å². The molecular formula is C15H14N2O2. The Morgan fingerprint density at radius 2 is 1.89 bits per heavy atom. The fraction of sp³-hybridized carbons (Fsp3) is 0.133. The Balaban J connectivity index is 2.37. The van der Waals surface area contributed by atoms with E-state index in [2.05, 4.69) is 10.1 Å². The van der Waals surface area contributed by atoms with Crippen molar-refractivity contribution in [1.29, 1.82) is 0 Å². The van der Waals surface area contributed by atoms with Crippen LogP contribution in [-0.4, -0.2) is 16.7 Å². The van der Waals surface area contributed by atoms with Gasteiger partial charge in [0.05, 0.1) is 0 Å². The van der Waals surface area contributed by atoms with Gasteiger partial charge in [0.2, 0.25) is 0 Å². The van der Waals surface area contributed by atoms with Crippen LogP contribution in [0.25, 0.3) is 0 Å². The first kappa shape index (κ1) is 13.0. The lowest BCUT2D eigenvalue weighted by molar-refractivity contribution is -0.143. The third kappa shape index (κ3) is 3.48. The van der Waals surface area contributed by atoms with Crippen LogP contribution in [-0.2, 0) is 9.63 Å². The van der Waals surface area contributed by atoms with Gasteiger partial charge in [0.15, 0.2) is 0 Å². The van der Waals surface area contributed by atoms with Crippen LogP contribution in [0.1, 0.15) is 24.5 Å². The van der Waals surface area contributed by atoms with Crippen molar-refractivity contribution in [3.8, 4) is 0 Å².